The molecule has 0 atom stereocenters. The molecule has 0 radical (unpaired) electrons. The molecule has 2 aromatic rings. The van der Waals surface area contributed by atoms with Crippen molar-refractivity contribution in [3.05, 3.63) is 60.2 Å². The van der Waals surface area contributed by atoms with Gasteiger partial charge in [-0.1, -0.05) is 42.5 Å². The predicted octanol–water partition coefficient (Wildman–Crippen LogP) is 1.99. The van der Waals surface area contributed by atoms with E-state index in [9.17, 15) is 14.7 Å². The highest BCUT2D eigenvalue weighted by molar-refractivity contribution is 6.39. The lowest BCUT2D eigenvalue weighted by Crippen LogP contribution is -2.36. The van der Waals surface area contributed by atoms with E-state index in [2.05, 4.69) is 5.32 Å². The maximum absolute atomic E-state index is 12.0. The number of phenolic OH excluding ortho intramolecular Hbond substituents is 1. The number of hydrogen-bond acceptors (Lipinski definition) is 3. The number of rotatable bonds is 3. The summed E-state index contributed by atoms with van der Waals surface area (Å²) in [5, 5.41) is 12.0. The van der Waals surface area contributed by atoms with Gasteiger partial charge in [0.25, 0.3) is 0 Å². The maximum Gasteiger partial charge on any atom is 0.314 e. The average Bonchev–Trinajstić information content (AvgIpc) is 2.49. The lowest BCUT2D eigenvalue weighted by molar-refractivity contribution is -0.142. The van der Waals surface area contributed by atoms with E-state index in [-0.39, 0.29) is 11.4 Å². The number of hydrogen-bond donors (Lipinski definition) is 2. The molecule has 108 valence electrons. The van der Waals surface area contributed by atoms with E-state index < -0.39 is 11.8 Å². The number of anilines is 1. The fourth-order valence-corrected chi connectivity index (χ4v) is 1.86. The fourth-order valence-electron chi connectivity index (χ4n) is 1.86. The molecule has 0 bridgehead atoms. The first-order chi connectivity index (χ1) is 10.1. The third-order valence-corrected chi connectivity index (χ3v) is 2.96. The Morgan fingerprint density at radius 1 is 1.05 bits per heavy atom. The highest BCUT2D eigenvalue weighted by atomic mass is 16.3. The van der Waals surface area contributed by atoms with Crippen LogP contribution in [-0.4, -0.2) is 28.9 Å². The summed E-state index contributed by atoms with van der Waals surface area (Å²) >= 11 is 0. The van der Waals surface area contributed by atoms with Gasteiger partial charge in [0.15, 0.2) is 0 Å². The first-order valence-corrected chi connectivity index (χ1v) is 6.46. The molecule has 0 saturated heterocycles. The third kappa shape index (κ3) is 3.82. The van der Waals surface area contributed by atoms with Crippen LogP contribution in [0.4, 0.5) is 5.69 Å². The summed E-state index contributed by atoms with van der Waals surface area (Å²) in [5.74, 6) is -1.53. The number of amides is 2. The number of nitrogens with zero attached hydrogens (tertiary/aromatic N) is 1. The number of nitrogens with one attached hydrogen (secondary N) is 1. The second-order valence-corrected chi connectivity index (χ2v) is 4.62. The van der Waals surface area contributed by atoms with Gasteiger partial charge < -0.3 is 15.3 Å². The molecule has 0 fully saturated rings. The van der Waals surface area contributed by atoms with Crippen LogP contribution in [0.25, 0.3) is 0 Å². The number of likely N-dealkylation sites (N-methyl/N-ethyl adjacent to an activating group) is 1. The van der Waals surface area contributed by atoms with Gasteiger partial charge in [0.1, 0.15) is 5.75 Å². The van der Waals surface area contributed by atoms with Gasteiger partial charge in [-0.2, -0.15) is 0 Å². The molecule has 0 spiro atoms. The van der Waals surface area contributed by atoms with Crippen LogP contribution in [0.3, 0.4) is 0 Å². The van der Waals surface area contributed by atoms with Gasteiger partial charge in [0, 0.05) is 13.6 Å². The van der Waals surface area contributed by atoms with Crippen molar-refractivity contribution in [3.63, 3.8) is 0 Å². The van der Waals surface area contributed by atoms with Crippen LogP contribution in [0, 0.1) is 0 Å². The smallest absolute Gasteiger partial charge is 0.314 e. The predicted molar refractivity (Wildman–Crippen MR) is 79.7 cm³/mol. The van der Waals surface area contributed by atoms with Crippen LogP contribution in [-0.2, 0) is 16.1 Å². The number of carbonyl (C=O) groups excluding carboxylic acids is 2. The summed E-state index contributed by atoms with van der Waals surface area (Å²) in [6.07, 6.45) is 0. The summed E-state index contributed by atoms with van der Waals surface area (Å²) in [4.78, 5) is 25.2. The van der Waals surface area contributed by atoms with Gasteiger partial charge in [-0.05, 0) is 17.7 Å². The molecule has 0 aliphatic heterocycles. The number of aromatic hydroxyl groups is 1. The lowest BCUT2D eigenvalue weighted by Gasteiger charge is -2.17. The fraction of sp³-hybridized carbons (Fsp3) is 0.125. The van der Waals surface area contributed by atoms with Crippen LogP contribution in [0.15, 0.2) is 54.6 Å². The molecule has 0 aromatic heterocycles. The summed E-state index contributed by atoms with van der Waals surface area (Å²) in [5.41, 5.74) is 1.15. The Bertz CT molecular complexity index is 641. The molecular weight excluding hydrogens is 268 g/mol. The number of benzene rings is 2. The van der Waals surface area contributed by atoms with Crippen LogP contribution in [0.5, 0.6) is 5.75 Å². The third-order valence-electron chi connectivity index (χ3n) is 2.96. The van der Waals surface area contributed by atoms with Crippen LogP contribution < -0.4 is 5.32 Å². The van der Waals surface area contributed by atoms with Crippen molar-refractivity contribution in [2.75, 3.05) is 12.4 Å². The normalized spacial score (nSPS) is 9.95. The van der Waals surface area contributed by atoms with Crippen molar-refractivity contribution >= 4 is 17.5 Å². The minimum atomic E-state index is -0.782. The molecule has 2 N–H and O–H groups in total. The van der Waals surface area contributed by atoms with E-state index in [1.807, 2.05) is 30.3 Å². The summed E-state index contributed by atoms with van der Waals surface area (Å²) < 4.78 is 0. The summed E-state index contributed by atoms with van der Waals surface area (Å²) in [6.45, 7) is 0.341. The second kappa shape index (κ2) is 6.56. The van der Waals surface area contributed by atoms with E-state index in [1.54, 1.807) is 19.2 Å². The van der Waals surface area contributed by atoms with Gasteiger partial charge in [-0.25, -0.2) is 0 Å². The second-order valence-electron chi connectivity index (χ2n) is 4.62. The zero-order chi connectivity index (χ0) is 15.2. The minimum Gasteiger partial charge on any atom is -0.506 e. The zero-order valence-corrected chi connectivity index (χ0v) is 11.6. The molecule has 2 aromatic carbocycles. The van der Waals surface area contributed by atoms with Gasteiger partial charge in [-0.3, -0.25) is 9.59 Å². The van der Waals surface area contributed by atoms with E-state index in [4.69, 9.17) is 0 Å². The first kappa shape index (κ1) is 14.6. The molecule has 21 heavy (non-hydrogen) atoms. The molecule has 0 heterocycles. The van der Waals surface area contributed by atoms with Crippen molar-refractivity contribution in [3.8, 4) is 5.75 Å². The molecule has 0 saturated carbocycles. The van der Waals surface area contributed by atoms with Crippen molar-refractivity contribution in [2.24, 2.45) is 0 Å². The van der Waals surface area contributed by atoms with E-state index in [0.29, 0.717) is 6.54 Å². The van der Waals surface area contributed by atoms with Gasteiger partial charge >= 0.3 is 11.8 Å². The monoisotopic (exact) mass is 284 g/mol. The molecule has 0 unspecified atom stereocenters. The van der Waals surface area contributed by atoms with Crippen molar-refractivity contribution in [1.29, 1.82) is 0 Å². The standard InChI is InChI=1S/C16H16N2O3/c1-18(11-12-7-3-2-4-8-12)16(21)15(20)17-13-9-5-6-10-14(13)19/h2-10,19H,11H2,1H3,(H,17,20). The van der Waals surface area contributed by atoms with E-state index >= 15 is 0 Å². The zero-order valence-electron chi connectivity index (χ0n) is 11.6. The van der Waals surface area contributed by atoms with Crippen LogP contribution >= 0.6 is 0 Å². The molecule has 0 aliphatic carbocycles. The Morgan fingerprint density at radius 2 is 1.67 bits per heavy atom. The Hall–Kier alpha value is -2.82. The molecular formula is C16H16N2O3. The topological polar surface area (TPSA) is 69.6 Å². The van der Waals surface area contributed by atoms with Crippen LogP contribution in [0.2, 0.25) is 0 Å². The highest BCUT2D eigenvalue weighted by Crippen LogP contribution is 2.21. The van der Waals surface area contributed by atoms with Crippen LogP contribution in [0.1, 0.15) is 5.56 Å². The Kier molecular flexibility index (Phi) is 4.56. The number of carbonyl (C=O) groups is 2. The molecule has 5 heteroatoms. The first-order valence-electron chi connectivity index (χ1n) is 6.46. The highest BCUT2D eigenvalue weighted by Gasteiger charge is 2.19. The largest absolute Gasteiger partial charge is 0.506 e. The Labute approximate surface area is 122 Å². The van der Waals surface area contributed by atoms with Crippen molar-refractivity contribution in [2.45, 2.75) is 6.54 Å². The Morgan fingerprint density at radius 3 is 2.33 bits per heavy atom. The SMILES string of the molecule is CN(Cc1ccccc1)C(=O)C(=O)Nc1ccccc1O. The molecule has 0 aliphatic rings. The molecule has 5 nitrogen and oxygen atoms in total. The maximum atomic E-state index is 12.0. The summed E-state index contributed by atoms with van der Waals surface area (Å²) in [6, 6.07) is 15.6. The van der Waals surface area contributed by atoms with E-state index in [1.165, 1.54) is 17.0 Å². The van der Waals surface area contributed by atoms with Crippen molar-refractivity contribution < 1.29 is 14.7 Å². The van der Waals surface area contributed by atoms with E-state index in [0.717, 1.165) is 5.56 Å². The number of phenols is 1. The number of para-hydroxylation sites is 2. The molecule has 2 rings (SSSR count). The van der Waals surface area contributed by atoms with Gasteiger partial charge in [0.05, 0.1) is 5.69 Å². The molecule has 2 amide bonds. The quantitative estimate of drug-likeness (QED) is 0.669. The Balaban J connectivity index is 1.99. The van der Waals surface area contributed by atoms with Gasteiger partial charge in [-0.15, -0.1) is 0 Å². The van der Waals surface area contributed by atoms with Gasteiger partial charge in [0.2, 0.25) is 0 Å². The average molecular weight is 284 g/mol. The minimum absolute atomic E-state index is 0.0793. The van der Waals surface area contributed by atoms with Crippen molar-refractivity contribution in [1.82, 2.24) is 4.90 Å². The lowest BCUT2D eigenvalue weighted by atomic mass is 10.2. The summed E-state index contributed by atoms with van der Waals surface area (Å²) in [7, 11) is 1.56.